The number of allylic oxidation sites excluding steroid dienone is 2. The van der Waals surface area contributed by atoms with Crippen molar-refractivity contribution in [3.05, 3.63) is 79.7 Å². The molecule has 0 fully saturated rings. The number of ketones is 1. The van der Waals surface area contributed by atoms with E-state index in [1.807, 2.05) is 6.92 Å². The fourth-order valence-corrected chi connectivity index (χ4v) is 4.97. The van der Waals surface area contributed by atoms with Gasteiger partial charge in [0.05, 0.1) is 29.1 Å². The van der Waals surface area contributed by atoms with Gasteiger partial charge in [0.15, 0.2) is 11.2 Å². The highest BCUT2D eigenvalue weighted by Gasteiger charge is 2.33. The molecule has 0 radical (unpaired) electrons. The van der Waals surface area contributed by atoms with Gasteiger partial charge in [0.2, 0.25) is 5.76 Å². The Kier molecular flexibility index (Phi) is 11.8. The van der Waals surface area contributed by atoms with Crippen LogP contribution in [0.15, 0.2) is 45.6 Å². The van der Waals surface area contributed by atoms with E-state index in [1.165, 1.54) is 43.4 Å². The SMILES string of the molecule is CCCc1c(OCC/C=C\C=C\[C@@H](c2c(C(=O)O)oc3c(c2=O)=CCC(=S)C=3)[C@H](O)CCC(F)(F)F)ccc(C(C)=O)c1O. The summed E-state index contributed by atoms with van der Waals surface area (Å²) in [7, 11) is 0. The maximum Gasteiger partial charge on any atom is 0.389 e. The molecule has 0 saturated carbocycles. The number of carbonyl (C=O) groups is 2. The lowest BCUT2D eigenvalue weighted by Gasteiger charge is -2.21. The summed E-state index contributed by atoms with van der Waals surface area (Å²) in [6.07, 6.45) is 1.99. The second-order valence-electron chi connectivity index (χ2n) is 10.2. The van der Waals surface area contributed by atoms with Crippen LogP contribution in [-0.2, 0) is 6.42 Å². The van der Waals surface area contributed by atoms with Crippen molar-refractivity contribution in [3.8, 4) is 11.5 Å². The highest BCUT2D eigenvalue weighted by atomic mass is 32.1. The van der Waals surface area contributed by atoms with Gasteiger partial charge >= 0.3 is 12.1 Å². The van der Waals surface area contributed by atoms with Crippen molar-refractivity contribution >= 4 is 41.0 Å². The summed E-state index contributed by atoms with van der Waals surface area (Å²) in [4.78, 5) is 37.6. The third-order valence-electron chi connectivity index (χ3n) is 6.90. The van der Waals surface area contributed by atoms with Crippen LogP contribution in [0.3, 0.4) is 0 Å². The van der Waals surface area contributed by atoms with Gasteiger partial charge in [-0.25, -0.2) is 4.79 Å². The number of aromatic hydroxyl groups is 1. The smallest absolute Gasteiger partial charge is 0.389 e. The van der Waals surface area contributed by atoms with E-state index < -0.39 is 53.8 Å². The molecule has 0 aliphatic heterocycles. The molecule has 3 N–H and O–H groups in total. The molecule has 0 amide bonds. The maximum absolute atomic E-state index is 13.4. The first-order valence-corrected chi connectivity index (χ1v) is 14.4. The summed E-state index contributed by atoms with van der Waals surface area (Å²) >= 11 is 5.10. The number of carbonyl (C=O) groups excluding carboxylic acids is 1. The first-order chi connectivity index (χ1) is 20.7. The van der Waals surface area contributed by atoms with E-state index in [0.717, 1.165) is 0 Å². The van der Waals surface area contributed by atoms with Crippen LogP contribution in [0.5, 0.6) is 11.5 Å². The zero-order valence-electron chi connectivity index (χ0n) is 24.1. The fraction of sp³-hybridized carbons (Fsp3) is 0.375. The number of aliphatic hydroxyl groups excluding tert-OH is 1. The summed E-state index contributed by atoms with van der Waals surface area (Å²) in [6, 6.07) is 3.10. The first kappa shape index (κ1) is 34.5. The van der Waals surface area contributed by atoms with Crippen LogP contribution < -0.4 is 20.8 Å². The number of carboxylic acids is 1. The van der Waals surface area contributed by atoms with E-state index in [0.29, 0.717) is 35.4 Å². The molecule has 1 aromatic carbocycles. The second kappa shape index (κ2) is 15.1. The summed E-state index contributed by atoms with van der Waals surface area (Å²) in [6.45, 7) is 3.46. The zero-order valence-corrected chi connectivity index (χ0v) is 25.0. The lowest BCUT2D eigenvalue weighted by molar-refractivity contribution is -0.140. The molecular formula is C32H33F3O8S. The predicted molar refractivity (Wildman–Crippen MR) is 162 cm³/mol. The van der Waals surface area contributed by atoms with E-state index in [9.17, 15) is 42.9 Å². The van der Waals surface area contributed by atoms with E-state index >= 15 is 0 Å². The van der Waals surface area contributed by atoms with Crippen molar-refractivity contribution in [2.24, 2.45) is 0 Å². The number of hydrogen-bond acceptors (Lipinski definition) is 8. The molecule has 1 aliphatic rings. The van der Waals surface area contributed by atoms with Crippen molar-refractivity contribution in [1.82, 2.24) is 0 Å². The van der Waals surface area contributed by atoms with Gasteiger partial charge in [0.1, 0.15) is 16.9 Å². The molecule has 2 atom stereocenters. The molecule has 0 bridgehead atoms. The summed E-state index contributed by atoms with van der Waals surface area (Å²) in [5.41, 5.74) is -0.576. The van der Waals surface area contributed by atoms with Crippen LogP contribution in [0.25, 0.3) is 12.2 Å². The third kappa shape index (κ3) is 8.76. The number of fused-ring (bicyclic) bond motifs is 1. The summed E-state index contributed by atoms with van der Waals surface area (Å²) in [5, 5.41) is 31.1. The number of benzene rings is 1. The van der Waals surface area contributed by atoms with Gasteiger partial charge in [0, 0.05) is 29.2 Å². The molecule has 1 aromatic heterocycles. The number of alkyl halides is 3. The molecule has 44 heavy (non-hydrogen) atoms. The van der Waals surface area contributed by atoms with Crippen LogP contribution in [0.1, 0.15) is 83.9 Å². The molecule has 1 heterocycles. The Balaban J connectivity index is 1.85. The van der Waals surface area contributed by atoms with Crippen LogP contribution in [-0.4, -0.2) is 50.8 Å². The van der Waals surface area contributed by atoms with Crippen molar-refractivity contribution in [2.75, 3.05) is 6.61 Å². The Morgan fingerprint density at radius 2 is 1.95 bits per heavy atom. The van der Waals surface area contributed by atoms with Crippen molar-refractivity contribution in [3.63, 3.8) is 0 Å². The lowest BCUT2D eigenvalue weighted by atomic mass is 9.88. The molecule has 1 aliphatic carbocycles. The molecule has 0 unspecified atom stereocenters. The molecule has 236 valence electrons. The maximum atomic E-state index is 13.4. The quantitative estimate of drug-likeness (QED) is 0.115. The van der Waals surface area contributed by atoms with E-state index in [-0.39, 0.29) is 40.8 Å². The number of phenols is 1. The topological polar surface area (TPSA) is 134 Å². The highest BCUT2D eigenvalue weighted by Crippen LogP contribution is 2.33. The van der Waals surface area contributed by atoms with E-state index in [1.54, 1.807) is 12.1 Å². The minimum absolute atomic E-state index is 0.0255. The number of carboxylic acid groups (broad SMARTS) is 1. The van der Waals surface area contributed by atoms with E-state index in [2.05, 4.69) is 0 Å². The molecule has 8 nitrogen and oxygen atoms in total. The Morgan fingerprint density at radius 1 is 1.23 bits per heavy atom. The molecule has 3 rings (SSSR count). The van der Waals surface area contributed by atoms with Crippen LogP contribution in [0.2, 0.25) is 0 Å². The highest BCUT2D eigenvalue weighted by molar-refractivity contribution is 7.81. The number of thiocarbonyl (C=S) groups is 1. The Labute approximate surface area is 256 Å². The number of halogens is 3. The normalized spacial score (nSPS) is 14.6. The molecule has 0 spiro atoms. The Morgan fingerprint density at radius 3 is 2.59 bits per heavy atom. The summed E-state index contributed by atoms with van der Waals surface area (Å²) < 4.78 is 50.1. The first-order valence-electron chi connectivity index (χ1n) is 14.0. The Hall–Kier alpha value is -4.03. The van der Waals surface area contributed by atoms with Gasteiger partial charge in [-0.3, -0.25) is 9.59 Å². The zero-order chi connectivity index (χ0) is 32.6. The van der Waals surface area contributed by atoms with E-state index in [4.69, 9.17) is 21.4 Å². The van der Waals surface area contributed by atoms with Crippen LogP contribution in [0.4, 0.5) is 13.2 Å². The number of aliphatic hydroxyl groups is 1. The summed E-state index contributed by atoms with van der Waals surface area (Å²) in [5.74, 6) is -3.79. The van der Waals surface area contributed by atoms with Gasteiger partial charge in [-0.05, 0) is 44.4 Å². The van der Waals surface area contributed by atoms with Crippen LogP contribution in [0, 0.1) is 0 Å². The van der Waals surface area contributed by atoms with Gasteiger partial charge < -0.3 is 24.5 Å². The standard InChI is InChI=1S/C32H33F3O8S/c1-3-8-22-25(13-12-20(18(2)36)28(22)38)42-16-7-5-4-6-9-21(24(37)14-15-32(33,34)35)27-29(39)23-11-10-19(44)17-26(23)43-30(27)31(40)41/h4-6,9,11-13,17,21,24,37-38H,3,7-8,10,14-16H2,1-2H3,(H,40,41)/b5-4-,9-6+/t21-,24-/m1/s1. The van der Waals surface area contributed by atoms with Crippen molar-refractivity contribution < 1.29 is 47.2 Å². The molecule has 0 saturated heterocycles. The van der Waals surface area contributed by atoms with Gasteiger partial charge in [-0.15, -0.1) is 0 Å². The number of ether oxygens (including phenoxy) is 1. The number of rotatable bonds is 14. The third-order valence-corrected chi connectivity index (χ3v) is 7.19. The number of hydrogen-bond donors (Lipinski definition) is 3. The predicted octanol–water partition coefficient (Wildman–Crippen LogP) is 4.90. The fourth-order valence-electron chi connectivity index (χ4n) is 4.78. The number of aromatic carboxylic acids is 1. The van der Waals surface area contributed by atoms with Gasteiger partial charge in [0.25, 0.3) is 0 Å². The molecule has 12 heteroatoms. The minimum Gasteiger partial charge on any atom is -0.507 e. The van der Waals surface area contributed by atoms with Gasteiger partial charge in [-0.2, -0.15) is 13.2 Å². The average molecular weight is 635 g/mol. The Bertz CT molecular complexity index is 1650. The lowest BCUT2D eigenvalue weighted by Crippen LogP contribution is -2.45. The number of phenolic OH excluding ortho intramolecular Hbond substituents is 1. The monoisotopic (exact) mass is 634 g/mol. The second-order valence-corrected chi connectivity index (χ2v) is 10.7. The average Bonchev–Trinajstić information content (AvgIpc) is 2.94. The van der Waals surface area contributed by atoms with Gasteiger partial charge in [-0.1, -0.05) is 55.9 Å². The van der Waals surface area contributed by atoms with Crippen molar-refractivity contribution in [1.29, 1.82) is 0 Å². The largest absolute Gasteiger partial charge is 0.507 e. The minimum atomic E-state index is -4.58. The van der Waals surface area contributed by atoms with Crippen molar-refractivity contribution in [2.45, 2.75) is 70.6 Å². The van der Waals surface area contributed by atoms with Crippen LogP contribution >= 0.6 is 12.2 Å². The molecule has 2 aromatic rings. The number of Topliss-reactive ketones (excluding diaryl/α,β-unsaturated/α-hetero) is 1. The molecular weight excluding hydrogens is 601 g/mol.